The molecule has 0 aliphatic rings. The van der Waals surface area contributed by atoms with E-state index in [0.29, 0.717) is 6.61 Å². The van der Waals surface area contributed by atoms with E-state index >= 15 is 0 Å². The number of rotatable bonds is 5. The maximum Gasteiger partial charge on any atom is 0.142 e. The Labute approximate surface area is 121 Å². The van der Waals surface area contributed by atoms with E-state index in [-0.39, 0.29) is 0 Å². The zero-order chi connectivity index (χ0) is 13.5. The molecule has 0 amide bonds. The Hall–Kier alpha value is -1.81. The van der Waals surface area contributed by atoms with E-state index < -0.39 is 0 Å². The first-order valence-corrected chi connectivity index (χ1v) is 6.61. The fraction of sp³-hybridized carbons (Fsp3) is 0.133. The van der Waals surface area contributed by atoms with Crippen LogP contribution in [0.3, 0.4) is 0 Å². The summed E-state index contributed by atoms with van der Waals surface area (Å²) in [5.74, 6) is 0.816. The molecular formula is C15H14BrNO2. The van der Waals surface area contributed by atoms with E-state index in [1.165, 1.54) is 0 Å². The molecule has 0 spiro atoms. The summed E-state index contributed by atoms with van der Waals surface area (Å²) in [6, 6.07) is 15.5. The quantitative estimate of drug-likeness (QED) is 0.616. The van der Waals surface area contributed by atoms with E-state index in [9.17, 15) is 0 Å². The number of nitrogens with zero attached hydrogens (tertiary/aromatic N) is 1. The van der Waals surface area contributed by atoms with Crippen molar-refractivity contribution in [2.75, 3.05) is 7.11 Å². The van der Waals surface area contributed by atoms with Gasteiger partial charge in [-0.1, -0.05) is 51.4 Å². The molecule has 19 heavy (non-hydrogen) atoms. The molecule has 0 atom stereocenters. The van der Waals surface area contributed by atoms with Crippen molar-refractivity contribution in [3.63, 3.8) is 0 Å². The molecule has 0 N–H and O–H groups in total. The number of ether oxygens (including phenoxy) is 1. The van der Waals surface area contributed by atoms with Gasteiger partial charge in [0.15, 0.2) is 0 Å². The predicted molar refractivity (Wildman–Crippen MR) is 79.5 cm³/mol. The molecule has 2 rings (SSSR count). The largest absolute Gasteiger partial charge is 0.497 e. The lowest BCUT2D eigenvalue weighted by Gasteiger charge is -2.03. The van der Waals surface area contributed by atoms with Gasteiger partial charge < -0.3 is 9.57 Å². The summed E-state index contributed by atoms with van der Waals surface area (Å²) in [4.78, 5) is 5.27. The lowest BCUT2D eigenvalue weighted by molar-refractivity contribution is 0.132. The molecule has 0 heterocycles. The molecule has 3 nitrogen and oxygen atoms in total. The molecule has 0 bridgehead atoms. The van der Waals surface area contributed by atoms with Crippen LogP contribution in [0.2, 0.25) is 0 Å². The van der Waals surface area contributed by atoms with Crippen LogP contribution in [0, 0.1) is 0 Å². The van der Waals surface area contributed by atoms with Crippen molar-refractivity contribution in [1.82, 2.24) is 0 Å². The number of hydrogen-bond acceptors (Lipinski definition) is 3. The van der Waals surface area contributed by atoms with Crippen LogP contribution in [-0.4, -0.2) is 13.3 Å². The molecule has 4 heteroatoms. The smallest absolute Gasteiger partial charge is 0.142 e. The third kappa shape index (κ3) is 4.10. The molecule has 2 aromatic rings. The molecule has 0 saturated carbocycles. The van der Waals surface area contributed by atoms with Crippen LogP contribution in [0.4, 0.5) is 0 Å². The molecule has 0 radical (unpaired) electrons. The summed E-state index contributed by atoms with van der Waals surface area (Å²) >= 11 is 3.45. The fourth-order valence-corrected chi connectivity index (χ4v) is 1.94. The number of benzene rings is 2. The summed E-state index contributed by atoms with van der Waals surface area (Å²) in [5, 5.41) is 3.96. The van der Waals surface area contributed by atoms with E-state index in [1.807, 2.05) is 48.5 Å². The lowest BCUT2D eigenvalue weighted by atomic mass is 10.2. The average Bonchev–Trinajstić information content (AvgIpc) is 2.45. The van der Waals surface area contributed by atoms with Gasteiger partial charge >= 0.3 is 0 Å². The normalized spacial score (nSPS) is 10.6. The topological polar surface area (TPSA) is 30.8 Å². The minimum atomic E-state index is 0.415. The molecular weight excluding hydrogens is 306 g/mol. The van der Waals surface area contributed by atoms with Gasteiger partial charge in [0.25, 0.3) is 0 Å². The molecule has 0 aromatic heterocycles. The van der Waals surface area contributed by atoms with Crippen molar-refractivity contribution in [2.24, 2.45) is 5.16 Å². The summed E-state index contributed by atoms with van der Waals surface area (Å²) in [6.07, 6.45) is 1.68. The van der Waals surface area contributed by atoms with Crippen molar-refractivity contribution >= 4 is 22.1 Å². The standard InChI is InChI=1S/C15H14BrNO2/c1-18-14-7-4-5-12(9-14)11-19-17-10-13-6-2-3-8-15(13)16/h2-10H,11H2,1H3. The second-order valence-electron chi connectivity index (χ2n) is 3.88. The monoisotopic (exact) mass is 319 g/mol. The fourth-order valence-electron chi connectivity index (χ4n) is 1.55. The Morgan fingerprint density at radius 1 is 1.16 bits per heavy atom. The maximum atomic E-state index is 5.27. The molecule has 0 unspecified atom stereocenters. The van der Waals surface area contributed by atoms with Crippen molar-refractivity contribution < 1.29 is 9.57 Å². The highest BCUT2D eigenvalue weighted by Gasteiger charge is 1.96. The van der Waals surface area contributed by atoms with Crippen molar-refractivity contribution in [3.8, 4) is 5.75 Å². The van der Waals surface area contributed by atoms with Gasteiger partial charge in [-0.05, 0) is 23.8 Å². The van der Waals surface area contributed by atoms with Crippen LogP contribution < -0.4 is 4.74 Å². The van der Waals surface area contributed by atoms with Gasteiger partial charge in [-0.2, -0.15) is 0 Å². The molecule has 0 aliphatic heterocycles. The zero-order valence-electron chi connectivity index (χ0n) is 10.5. The van der Waals surface area contributed by atoms with Gasteiger partial charge in [0, 0.05) is 10.0 Å². The van der Waals surface area contributed by atoms with Crippen LogP contribution in [0.15, 0.2) is 58.2 Å². The Balaban J connectivity index is 1.91. The second kappa shape index (κ2) is 6.95. The highest BCUT2D eigenvalue weighted by Crippen LogP contribution is 2.15. The Morgan fingerprint density at radius 3 is 2.79 bits per heavy atom. The van der Waals surface area contributed by atoms with E-state index in [2.05, 4.69) is 21.1 Å². The predicted octanol–water partition coefficient (Wildman–Crippen LogP) is 4.01. The Morgan fingerprint density at radius 2 is 2.00 bits per heavy atom. The minimum absolute atomic E-state index is 0.415. The highest BCUT2D eigenvalue weighted by atomic mass is 79.9. The van der Waals surface area contributed by atoms with Gasteiger partial charge in [0.1, 0.15) is 12.4 Å². The first-order valence-electron chi connectivity index (χ1n) is 5.82. The molecule has 0 fully saturated rings. The van der Waals surface area contributed by atoms with Crippen LogP contribution >= 0.6 is 15.9 Å². The van der Waals surface area contributed by atoms with E-state index in [0.717, 1.165) is 21.3 Å². The van der Waals surface area contributed by atoms with Crippen LogP contribution in [0.25, 0.3) is 0 Å². The van der Waals surface area contributed by atoms with E-state index in [4.69, 9.17) is 9.57 Å². The first kappa shape index (κ1) is 13.6. The van der Waals surface area contributed by atoms with Gasteiger partial charge in [-0.3, -0.25) is 0 Å². The van der Waals surface area contributed by atoms with Gasteiger partial charge in [0.05, 0.1) is 13.3 Å². The Kier molecular flexibility index (Phi) is 4.98. The molecule has 98 valence electrons. The maximum absolute atomic E-state index is 5.27. The number of hydrogen-bond donors (Lipinski definition) is 0. The first-order chi connectivity index (χ1) is 9.29. The van der Waals surface area contributed by atoms with Gasteiger partial charge in [-0.25, -0.2) is 0 Å². The average molecular weight is 320 g/mol. The van der Waals surface area contributed by atoms with Crippen molar-refractivity contribution in [1.29, 1.82) is 0 Å². The summed E-state index contributed by atoms with van der Waals surface area (Å²) in [6.45, 7) is 0.415. The van der Waals surface area contributed by atoms with E-state index in [1.54, 1.807) is 13.3 Å². The molecule has 0 aliphatic carbocycles. The highest BCUT2D eigenvalue weighted by molar-refractivity contribution is 9.10. The molecule has 0 saturated heterocycles. The summed E-state index contributed by atoms with van der Waals surface area (Å²) < 4.78 is 6.14. The van der Waals surface area contributed by atoms with Crippen LogP contribution in [-0.2, 0) is 11.4 Å². The minimum Gasteiger partial charge on any atom is -0.497 e. The lowest BCUT2D eigenvalue weighted by Crippen LogP contribution is -1.90. The summed E-state index contributed by atoms with van der Waals surface area (Å²) in [5.41, 5.74) is 2.00. The van der Waals surface area contributed by atoms with Crippen molar-refractivity contribution in [3.05, 3.63) is 64.1 Å². The third-order valence-electron chi connectivity index (χ3n) is 2.54. The SMILES string of the molecule is COc1cccc(CON=Cc2ccccc2Br)c1. The number of methoxy groups -OCH3 is 1. The zero-order valence-corrected chi connectivity index (χ0v) is 12.1. The van der Waals surface area contributed by atoms with Crippen molar-refractivity contribution in [2.45, 2.75) is 6.61 Å². The number of oxime groups is 1. The van der Waals surface area contributed by atoms with Crippen LogP contribution in [0.1, 0.15) is 11.1 Å². The second-order valence-corrected chi connectivity index (χ2v) is 4.74. The van der Waals surface area contributed by atoms with Gasteiger partial charge in [0.2, 0.25) is 0 Å². The van der Waals surface area contributed by atoms with Crippen LogP contribution in [0.5, 0.6) is 5.75 Å². The Bertz CT molecular complexity index is 570. The number of halogens is 1. The molecule has 2 aromatic carbocycles. The summed E-state index contributed by atoms with van der Waals surface area (Å²) in [7, 11) is 1.64. The third-order valence-corrected chi connectivity index (χ3v) is 3.26. The van der Waals surface area contributed by atoms with Gasteiger partial charge in [-0.15, -0.1) is 0 Å².